The molecule has 10 heavy (non-hydrogen) atoms. The van der Waals surface area contributed by atoms with E-state index < -0.39 is 17.8 Å². The molecule has 0 amide bonds. The predicted octanol–water partition coefficient (Wildman–Crippen LogP) is 1.17. The Labute approximate surface area is 54.5 Å². The summed E-state index contributed by atoms with van der Waals surface area (Å²) in [6.07, 6.45) is 0. The Morgan fingerprint density at radius 1 is 1.20 bits per heavy atom. The summed E-state index contributed by atoms with van der Waals surface area (Å²) in [5, 5.41) is 0. The van der Waals surface area contributed by atoms with Gasteiger partial charge in [0.15, 0.2) is 0 Å². The number of hydrogen-bond acceptors (Lipinski definition) is 2. The van der Waals surface area contributed by atoms with E-state index in [1.807, 2.05) is 0 Å². The van der Waals surface area contributed by atoms with E-state index in [4.69, 9.17) is 13.0 Å². The van der Waals surface area contributed by atoms with E-state index in [9.17, 15) is 21.1 Å². The summed E-state index contributed by atoms with van der Waals surface area (Å²) in [5.74, 6) is 0. The Bertz CT molecular complexity index is 157. The van der Waals surface area contributed by atoms with E-state index in [0.717, 1.165) is 0 Å². The summed E-state index contributed by atoms with van der Waals surface area (Å²) in [6.45, 7) is 0. The predicted molar refractivity (Wildman–Crippen MR) is 24.0 cm³/mol. The fourth-order valence-electron chi connectivity index (χ4n) is 0. The summed E-state index contributed by atoms with van der Waals surface area (Å²) >= 11 is 0. The van der Waals surface area contributed by atoms with Crippen LogP contribution in [0.1, 0.15) is 1.43 Å². The summed E-state index contributed by atoms with van der Waals surface area (Å²) in [5.41, 5.74) is 0. The van der Waals surface area contributed by atoms with Crippen molar-refractivity contribution in [3.8, 4) is 0 Å². The van der Waals surface area contributed by atoms with Crippen LogP contribution in [0.15, 0.2) is 0 Å². The Morgan fingerprint density at radius 2 is 1.20 bits per heavy atom. The molecule has 1 N–H and O–H groups in total. The van der Waals surface area contributed by atoms with Gasteiger partial charge in [0.2, 0.25) is 0 Å². The number of hydrogen-bond donors (Lipinski definition) is 1. The zero-order valence-corrected chi connectivity index (χ0v) is 4.96. The Kier molecular flexibility index (Phi) is 4.57. The van der Waals surface area contributed by atoms with Gasteiger partial charge in [-0.15, -0.1) is 0 Å². The topological polar surface area (TPSA) is 54.4 Å². The summed E-state index contributed by atoms with van der Waals surface area (Å²) in [6, 6.07) is 0. The van der Waals surface area contributed by atoms with Crippen molar-refractivity contribution in [2.24, 2.45) is 0 Å². The molecule has 0 atom stereocenters. The minimum atomic E-state index is -6.00. The normalized spacial score (nSPS) is 11.8. The fraction of sp³-hybridized carbons (Fsp3) is 0. The minimum Gasteiger partial charge on any atom is -0.418 e. The number of rotatable bonds is 0. The molecule has 0 aromatic rings. The Morgan fingerprint density at radius 3 is 1.20 bits per heavy atom. The molecule has 0 bridgehead atoms. The van der Waals surface area contributed by atoms with Crippen molar-refractivity contribution in [2.45, 2.75) is 0 Å². The molecule has 0 heterocycles. The lowest BCUT2D eigenvalue weighted by Crippen LogP contribution is -2.02. The van der Waals surface area contributed by atoms with Crippen molar-refractivity contribution in [1.82, 2.24) is 0 Å². The Hall–Kier alpha value is -0.375. The second kappa shape index (κ2) is 3.71. The molecule has 0 radical (unpaired) electrons. The maximum Gasteiger partial charge on any atom is 1.00 e. The van der Waals surface area contributed by atoms with Crippen LogP contribution in [0.5, 0.6) is 0 Å². The van der Waals surface area contributed by atoms with Crippen LogP contribution in [0, 0.1) is 0 Å². The van der Waals surface area contributed by atoms with Crippen molar-refractivity contribution in [1.29, 1.82) is 0 Å². The molecule has 0 saturated carbocycles. The molecule has 0 spiro atoms. The molecular weight excluding hydrogens is 186 g/mol. The first-order valence-electron chi connectivity index (χ1n) is 1.54. The van der Waals surface area contributed by atoms with Crippen molar-refractivity contribution in [2.75, 3.05) is 0 Å². The van der Waals surface area contributed by atoms with E-state index in [2.05, 4.69) is 0 Å². The van der Waals surface area contributed by atoms with Crippen LogP contribution in [0.25, 0.3) is 0 Å². The van der Waals surface area contributed by atoms with Gasteiger partial charge in [-0.05, 0) is 0 Å². The van der Waals surface area contributed by atoms with Crippen molar-refractivity contribution in [3.63, 3.8) is 0 Å². The third-order valence-electron chi connectivity index (χ3n) is 0. The van der Waals surface area contributed by atoms with Gasteiger partial charge < -0.3 is 17.3 Å². The first-order chi connectivity index (χ1) is 4.00. The molecule has 0 unspecified atom stereocenters. The van der Waals surface area contributed by atoms with Crippen LogP contribution < -0.4 is 0 Å². The van der Waals surface area contributed by atoms with Crippen LogP contribution in [0.2, 0.25) is 0 Å². The largest absolute Gasteiger partial charge is 1.00 e. The van der Waals surface area contributed by atoms with Gasteiger partial charge in [-0.25, -0.2) is 0 Å². The molecule has 10 heteroatoms. The molecule has 0 aliphatic carbocycles. The van der Waals surface area contributed by atoms with Crippen molar-refractivity contribution >= 4 is 17.8 Å². The van der Waals surface area contributed by atoms with Gasteiger partial charge >= 0.3 is 19.2 Å². The molecule has 0 saturated heterocycles. The SMILES string of the molecule is F[B-](F)(F)F.O=S(=O)(O)F.[H+]. The molecule has 0 aromatic heterocycles. The molecule has 64 valence electrons. The van der Waals surface area contributed by atoms with E-state index in [1.165, 1.54) is 0 Å². The molecule has 0 rings (SSSR count). The van der Waals surface area contributed by atoms with Gasteiger partial charge in [0, 0.05) is 0 Å². The van der Waals surface area contributed by atoms with Crippen molar-refractivity contribution < 1.29 is 35.5 Å². The van der Waals surface area contributed by atoms with Gasteiger partial charge in [0.1, 0.15) is 0 Å². The highest BCUT2D eigenvalue weighted by Crippen LogP contribution is 2.06. The van der Waals surface area contributed by atoms with Gasteiger partial charge in [-0.2, -0.15) is 8.42 Å². The highest BCUT2D eigenvalue weighted by molar-refractivity contribution is 7.80. The Balaban J connectivity index is -0.000000107. The van der Waals surface area contributed by atoms with Gasteiger partial charge in [0.25, 0.3) is 0 Å². The molecule has 0 aliphatic rings. The third-order valence-corrected chi connectivity index (χ3v) is 0. The van der Waals surface area contributed by atoms with E-state index >= 15 is 0 Å². The summed E-state index contributed by atoms with van der Waals surface area (Å²) in [7, 11) is -11.2. The third kappa shape index (κ3) is 2380. The second-order valence-electron chi connectivity index (χ2n) is 0.907. The quantitative estimate of drug-likeness (QED) is 0.268. The average molecular weight is 188 g/mol. The summed E-state index contributed by atoms with van der Waals surface area (Å²) in [4.78, 5) is 0. The lowest BCUT2D eigenvalue weighted by Gasteiger charge is -1.94. The van der Waals surface area contributed by atoms with Crippen LogP contribution in [-0.4, -0.2) is 20.2 Å². The van der Waals surface area contributed by atoms with Crippen LogP contribution >= 0.6 is 0 Å². The van der Waals surface area contributed by atoms with Crippen LogP contribution in [0.4, 0.5) is 21.1 Å². The first kappa shape index (κ1) is 12.3. The van der Waals surface area contributed by atoms with E-state index in [1.54, 1.807) is 0 Å². The standard InChI is InChI=1S/BF4.FHO3S/c2-1(3,4)5;1-5(2,3)4/h;(H,2,3,4)/q-1;/p+1. The smallest absolute Gasteiger partial charge is 0.418 e. The molecule has 0 aliphatic heterocycles. The monoisotopic (exact) mass is 188 g/mol. The highest BCUT2D eigenvalue weighted by atomic mass is 32.3. The summed E-state index contributed by atoms with van der Waals surface area (Å²) < 4.78 is 73.1. The van der Waals surface area contributed by atoms with E-state index in [0.29, 0.717) is 0 Å². The molecular formula is H2BF5O3S. The minimum absolute atomic E-state index is 0. The lowest BCUT2D eigenvalue weighted by molar-refractivity contribution is 0.368. The zero-order chi connectivity index (χ0) is 9.00. The maximum atomic E-state index is 10.2. The lowest BCUT2D eigenvalue weighted by atomic mass is 10.3. The average Bonchev–Trinajstić information content (AvgIpc) is 1.12. The zero-order valence-electron chi connectivity index (χ0n) is 5.14. The highest BCUT2D eigenvalue weighted by Gasteiger charge is 2.20. The van der Waals surface area contributed by atoms with Gasteiger partial charge in [-0.3, -0.25) is 4.55 Å². The number of halogens is 5. The maximum absolute atomic E-state index is 10.2. The van der Waals surface area contributed by atoms with Crippen molar-refractivity contribution in [3.05, 3.63) is 0 Å². The van der Waals surface area contributed by atoms with Crippen LogP contribution in [0.3, 0.4) is 0 Å². The van der Waals surface area contributed by atoms with Gasteiger partial charge in [0.05, 0.1) is 0 Å². The molecule has 0 aromatic carbocycles. The first-order valence-corrected chi connectivity index (χ1v) is 2.88. The fourth-order valence-corrected chi connectivity index (χ4v) is 0. The second-order valence-corrected chi connectivity index (χ2v) is 1.73. The van der Waals surface area contributed by atoms with Crippen LogP contribution in [-0.2, 0) is 10.5 Å². The van der Waals surface area contributed by atoms with Gasteiger partial charge in [-0.1, -0.05) is 3.89 Å². The molecule has 3 nitrogen and oxygen atoms in total. The molecule has 0 fully saturated rings. The van der Waals surface area contributed by atoms with E-state index in [-0.39, 0.29) is 1.43 Å².